The van der Waals surface area contributed by atoms with Crippen molar-refractivity contribution in [1.82, 2.24) is 0 Å². The van der Waals surface area contributed by atoms with Crippen molar-refractivity contribution in [1.29, 1.82) is 0 Å². The predicted octanol–water partition coefficient (Wildman–Crippen LogP) is 2.09. The molecule has 1 heterocycles. The number of rotatable bonds is 3. The lowest BCUT2D eigenvalue weighted by Crippen LogP contribution is -2.66. The minimum absolute atomic E-state index is 0.0523. The van der Waals surface area contributed by atoms with Crippen LogP contribution in [0.5, 0.6) is 0 Å². The zero-order chi connectivity index (χ0) is 23.7. The molecule has 1 aliphatic heterocycles. The Morgan fingerprint density at radius 2 is 2.00 bits per heavy atom. The highest BCUT2D eigenvalue weighted by atomic mass is 16.6. The third-order valence-corrected chi connectivity index (χ3v) is 10.7. The largest absolute Gasteiger partial charge is 0.461 e. The molecule has 1 aromatic carbocycles. The first-order valence-electron chi connectivity index (χ1n) is 12.2. The molecule has 8 nitrogen and oxygen atoms in total. The molecule has 2 unspecified atom stereocenters. The van der Waals surface area contributed by atoms with Gasteiger partial charge in [-0.2, -0.15) is 4.79 Å². The molecule has 34 heavy (non-hydrogen) atoms. The summed E-state index contributed by atoms with van der Waals surface area (Å²) < 4.78 is 11.9. The third-order valence-electron chi connectivity index (χ3n) is 10.7. The van der Waals surface area contributed by atoms with Crippen molar-refractivity contribution < 1.29 is 33.8 Å². The summed E-state index contributed by atoms with van der Waals surface area (Å²) in [5, 5.41) is 11.0. The van der Waals surface area contributed by atoms with Gasteiger partial charge in [-0.15, -0.1) is 0 Å². The van der Waals surface area contributed by atoms with Gasteiger partial charge < -0.3 is 20.1 Å². The number of carbonyl (C=O) groups excluding carboxylic acids is 3. The second-order valence-corrected chi connectivity index (χ2v) is 11.4. The standard InChI is InChI=1S/C26H26N2O6/c1-23-15(21(31)33-12-13-5-3-2-4-6-13)8-10-26(34-22(23)32)18(23)16(28-27)20(30)24-11-14-7-9-25(24,26)19(24)17(14)29/h2-6,14-15,17-19,29H,7-12H2,1H3/t14-,15+,17?,18-,19?,23+,24+,25+,26+/m1/s1. The highest BCUT2D eigenvalue weighted by Crippen LogP contribution is 2.92. The van der Waals surface area contributed by atoms with Crippen LogP contribution in [0.1, 0.15) is 44.6 Å². The summed E-state index contributed by atoms with van der Waals surface area (Å²) in [4.78, 5) is 44.2. The molecule has 176 valence electrons. The van der Waals surface area contributed by atoms with Crippen molar-refractivity contribution in [3.8, 4) is 0 Å². The number of Topliss-reactive ketones (excluding diaryl/α,β-unsaturated/α-hetero) is 1. The van der Waals surface area contributed by atoms with Crippen molar-refractivity contribution >= 4 is 23.4 Å². The molecule has 6 saturated carbocycles. The predicted molar refractivity (Wildman–Crippen MR) is 115 cm³/mol. The number of ketones is 1. The Morgan fingerprint density at radius 3 is 2.74 bits per heavy atom. The Bertz CT molecular complexity index is 1220. The topological polar surface area (TPSA) is 126 Å². The number of ether oxygens (including phenoxy) is 2. The fraction of sp³-hybridized carbons (Fsp3) is 0.615. The Hall–Kier alpha value is -2.83. The third kappa shape index (κ3) is 1.84. The lowest BCUT2D eigenvalue weighted by Gasteiger charge is -2.54. The first-order valence-corrected chi connectivity index (χ1v) is 12.2. The first kappa shape index (κ1) is 20.5. The molecule has 0 amide bonds. The molecular formula is C26H26N2O6. The Morgan fingerprint density at radius 1 is 1.24 bits per heavy atom. The number of benzene rings is 1. The smallest absolute Gasteiger partial charge is 0.343 e. The second-order valence-electron chi connectivity index (χ2n) is 11.4. The van der Waals surface area contributed by atoms with Crippen molar-refractivity contribution in [3.63, 3.8) is 0 Å². The van der Waals surface area contributed by atoms with Gasteiger partial charge in [0.05, 0.1) is 22.9 Å². The molecule has 6 bridgehead atoms. The molecule has 8 heteroatoms. The van der Waals surface area contributed by atoms with Gasteiger partial charge in [0.25, 0.3) is 0 Å². The lowest BCUT2D eigenvalue weighted by atomic mass is 9.45. The summed E-state index contributed by atoms with van der Waals surface area (Å²) >= 11 is 0. The number of nitrogens with zero attached hydrogens (tertiary/aromatic N) is 2. The van der Waals surface area contributed by atoms with Gasteiger partial charge in [0.15, 0.2) is 0 Å². The molecule has 7 fully saturated rings. The summed E-state index contributed by atoms with van der Waals surface area (Å²) in [6.45, 7) is 1.74. The Balaban J connectivity index is 1.30. The van der Waals surface area contributed by atoms with Gasteiger partial charge in [0.1, 0.15) is 18.1 Å². The zero-order valence-corrected chi connectivity index (χ0v) is 18.9. The molecule has 6 aliphatic carbocycles. The van der Waals surface area contributed by atoms with E-state index in [-0.39, 0.29) is 29.9 Å². The average Bonchev–Trinajstić information content (AvgIpc) is 3.36. The lowest BCUT2D eigenvalue weighted by molar-refractivity contribution is -0.177. The van der Waals surface area contributed by atoms with E-state index < -0.39 is 51.7 Å². The van der Waals surface area contributed by atoms with Crippen LogP contribution in [0, 0.1) is 39.9 Å². The van der Waals surface area contributed by atoms with Crippen molar-refractivity contribution in [2.24, 2.45) is 39.9 Å². The van der Waals surface area contributed by atoms with Gasteiger partial charge in [0, 0.05) is 11.3 Å². The van der Waals surface area contributed by atoms with E-state index in [0.29, 0.717) is 25.7 Å². The molecule has 7 aliphatic rings. The van der Waals surface area contributed by atoms with Crippen LogP contribution in [-0.4, -0.2) is 45.0 Å². The number of hydrogen-bond donors (Lipinski definition) is 1. The van der Waals surface area contributed by atoms with Crippen LogP contribution in [0.2, 0.25) is 0 Å². The van der Waals surface area contributed by atoms with Gasteiger partial charge in [-0.05, 0) is 50.5 Å². The second kappa shape index (κ2) is 6.04. The minimum Gasteiger partial charge on any atom is -0.461 e. The summed E-state index contributed by atoms with van der Waals surface area (Å²) in [6, 6.07) is 9.30. The van der Waals surface area contributed by atoms with Crippen molar-refractivity contribution in [3.05, 3.63) is 41.4 Å². The number of carbonyl (C=O) groups is 3. The number of aliphatic hydroxyl groups is 1. The first-order chi connectivity index (χ1) is 16.3. The molecule has 8 rings (SSSR count). The maximum absolute atomic E-state index is 13.9. The van der Waals surface area contributed by atoms with Crippen LogP contribution in [0.4, 0.5) is 0 Å². The molecular weight excluding hydrogens is 436 g/mol. The molecule has 1 saturated heterocycles. The van der Waals surface area contributed by atoms with Gasteiger partial charge in [-0.25, -0.2) is 0 Å². The van der Waals surface area contributed by atoms with E-state index in [1.807, 2.05) is 30.3 Å². The van der Waals surface area contributed by atoms with Gasteiger partial charge in [-0.1, -0.05) is 30.3 Å². The monoisotopic (exact) mass is 462 g/mol. The fourth-order valence-electron chi connectivity index (χ4n) is 9.55. The van der Waals surface area contributed by atoms with E-state index in [2.05, 4.69) is 4.79 Å². The van der Waals surface area contributed by atoms with Crippen LogP contribution in [-0.2, 0) is 30.5 Å². The molecule has 2 spiro atoms. The van der Waals surface area contributed by atoms with E-state index in [9.17, 15) is 25.0 Å². The van der Waals surface area contributed by atoms with Crippen LogP contribution in [0.25, 0.3) is 5.53 Å². The van der Waals surface area contributed by atoms with Crippen molar-refractivity contribution in [2.45, 2.75) is 57.3 Å². The molecule has 1 N–H and O–H groups in total. The maximum Gasteiger partial charge on any atom is 0.343 e. The number of aliphatic hydroxyl groups excluding tert-OH is 1. The summed E-state index contributed by atoms with van der Waals surface area (Å²) in [6.07, 6.45) is 2.16. The zero-order valence-electron chi connectivity index (χ0n) is 18.9. The minimum atomic E-state index is -1.38. The highest BCUT2D eigenvalue weighted by molar-refractivity contribution is 6.44. The Labute approximate surface area is 196 Å². The summed E-state index contributed by atoms with van der Waals surface area (Å²) in [5.41, 5.74) is 6.94. The van der Waals surface area contributed by atoms with Gasteiger partial charge in [-0.3, -0.25) is 14.4 Å². The molecule has 0 radical (unpaired) electrons. The van der Waals surface area contributed by atoms with Crippen LogP contribution >= 0.6 is 0 Å². The van der Waals surface area contributed by atoms with E-state index in [0.717, 1.165) is 12.0 Å². The van der Waals surface area contributed by atoms with E-state index in [1.165, 1.54) is 0 Å². The number of esters is 2. The quantitative estimate of drug-likeness (QED) is 0.416. The van der Waals surface area contributed by atoms with Crippen LogP contribution in [0.15, 0.2) is 30.3 Å². The number of fused-ring (bicyclic) bond motifs is 1. The molecule has 9 atom stereocenters. The maximum atomic E-state index is 13.9. The highest BCUT2D eigenvalue weighted by Gasteiger charge is 3.00. The SMILES string of the molecule is C[C@]12C(=O)O[C@@]3(CC[C@H]1C(=O)OCc1ccccc1)[C@@H]2C(=[N+]=[N-])C(=O)[C@@]12C[C@H]4CC[C@@]31C2C4O. The van der Waals surface area contributed by atoms with E-state index >= 15 is 0 Å². The molecule has 1 aromatic rings. The van der Waals surface area contributed by atoms with Gasteiger partial charge in [0.2, 0.25) is 5.78 Å². The van der Waals surface area contributed by atoms with E-state index in [4.69, 9.17) is 9.47 Å². The fourth-order valence-corrected chi connectivity index (χ4v) is 9.55. The normalized spacial score (nSPS) is 49.0. The average molecular weight is 463 g/mol. The number of hydrogen-bond acceptors (Lipinski definition) is 6. The Kier molecular flexibility index (Phi) is 3.65. The van der Waals surface area contributed by atoms with Crippen molar-refractivity contribution in [2.75, 3.05) is 0 Å². The summed E-state index contributed by atoms with van der Waals surface area (Å²) in [5.74, 6) is -3.22. The van der Waals surface area contributed by atoms with Crippen LogP contribution in [0.3, 0.4) is 0 Å². The molecule has 0 aromatic heterocycles. The van der Waals surface area contributed by atoms with Gasteiger partial charge >= 0.3 is 17.7 Å². The summed E-state index contributed by atoms with van der Waals surface area (Å²) in [7, 11) is 0. The van der Waals surface area contributed by atoms with E-state index in [1.54, 1.807) is 6.92 Å². The van der Waals surface area contributed by atoms with Crippen LogP contribution < -0.4 is 0 Å².